The number of unbranched alkanes of at least 4 members (excludes halogenated alkanes) is 6. The Hall–Kier alpha value is -2.35. The van der Waals surface area contributed by atoms with Crippen molar-refractivity contribution in [2.24, 2.45) is 5.41 Å². The van der Waals surface area contributed by atoms with Crippen molar-refractivity contribution in [2.75, 3.05) is 86.1 Å². The normalized spacial score (nSPS) is 32.3. The van der Waals surface area contributed by atoms with Crippen LogP contribution in [0.25, 0.3) is 0 Å². The van der Waals surface area contributed by atoms with Gasteiger partial charge in [0.1, 0.15) is 79.9 Å². The number of aliphatic hydroxyl groups is 9. The third-order valence-electron chi connectivity index (χ3n) is 11.9. The van der Waals surface area contributed by atoms with Crippen LogP contribution in [0, 0.1) is 5.41 Å². The van der Waals surface area contributed by atoms with E-state index in [2.05, 4.69) is 16.0 Å². The molecule has 6 unspecified atom stereocenters. The second-order valence-electron chi connectivity index (χ2n) is 18.4. The van der Waals surface area contributed by atoms with Gasteiger partial charge in [0.25, 0.3) is 0 Å². The third kappa shape index (κ3) is 21.2. The molecule has 3 aliphatic rings. The van der Waals surface area contributed by atoms with E-state index in [1.165, 1.54) is 20.8 Å². The molecule has 410 valence electrons. The van der Waals surface area contributed by atoms with E-state index in [0.29, 0.717) is 78.4 Å². The van der Waals surface area contributed by atoms with Crippen LogP contribution < -0.4 is 16.0 Å². The number of ether oxygens (including phenoxy) is 10. The standard InChI is InChI=1S/C45H83N3O22/c1-27(52)46-33-39(58)36(55)30(20-49)68-42(33)65-18-12-6-9-15-62-24-45(4,25-63-16-10-7-13-19-66-43-34(47-28(2)53)40(59)37(56)31(21-50)69-43)23-61-14-8-5-11-17-64-26-67-44-35(48-29(3)54)41(60)38(57)32(22-51)70-44/h30-44,49-51,55-60H,5-26H2,1-4H3,(H,46,52)(H,47,53)(H,48,54)/t30?,31?,32?,33?,34?,35?,36-,37-,38-,39+,40+,41+,42+,43+,44+,45?/m0/s1. The summed E-state index contributed by atoms with van der Waals surface area (Å²) in [5, 5.41) is 98.3. The highest BCUT2D eigenvalue weighted by atomic mass is 16.8. The van der Waals surface area contributed by atoms with E-state index in [0.717, 1.165) is 25.7 Å². The van der Waals surface area contributed by atoms with Crippen LogP contribution in [0.5, 0.6) is 0 Å². The molecular formula is C45H83N3O22. The first-order valence-corrected chi connectivity index (χ1v) is 24.3. The fourth-order valence-electron chi connectivity index (χ4n) is 8.04. The van der Waals surface area contributed by atoms with E-state index in [1.807, 2.05) is 6.92 Å². The van der Waals surface area contributed by atoms with Crippen molar-refractivity contribution in [3.05, 3.63) is 0 Å². The predicted octanol–water partition coefficient (Wildman–Crippen LogP) is -3.59. The van der Waals surface area contributed by atoms with E-state index in [9.17, 15) is 60.3 Å². The Morgan fingerprint density at radius 2 is 0.714 bits per heavy atom. The zero-order valence-electron chi connectivity index (χ0n) is 41.0. The van der Waals surface area contributed by atoms with E-state index in [4.69, 9.17) is 47.4 Å². The monoisotopic (exact) mass is 1020 g/mol. The molecule has 0 spiro atoms. The van der Waals surface area contributed by atoms with Crippen molar-refractivity contribution in [1.29, 1.82) is 0 Å². The number of rotatable bonds is 35. The van der Waals surface area contributed by atoms with E-state index < -0.39 is 135 Å². The van der Waals surface area contributed by atoms with E-state index >= 15 is 0 Å². The Balaban J connectivity index is 1.39. The van der Waals surface area contributed by atoms with Crippen LogP contribution in [-0.4, -0.2) is 242 Å². The minimum absolute atomic E-state index is 0.213. The van der Waals surface area contributed by atoms with Gasteiger partial charge in [-0.3, -0.25) is 14.4 Å². The lowest BCUT2D eigenvalue weighted by Gasteiger charge is -2.42. The Labute approximate surface area is 409 Å². The van der Waals surface area contributed by atoms with Crippen molar-refractivity contribution in [1.82, 2.24) is 16.0 Å². The molecule has 3 amide bonds. The van der Waals surface area contributed by atoms with Gasteiger partial charge in [0, 0.05) is 65.8 Å². The lowest BCUT2D eigenvalue weighted by atomic mass is 9.94. The molecule has 0 saturated carbocycles. The number of carbonyl (C=O) groups excluding carboxylic acids is 3. The zero-order chi connectivity index (χ0) is 51.6. The van der Waals surface area contributed by atoms with Crippen LogP contribution in [0.4, 0.5) is 0 Å². The first-order valence-electron chi connectivity index (χ1n) is 24.3. The topological polar surface area (TPSA) is 362 Å². The van der Waals surface area contributed by atoms with Crippen molar-refractivity contribution in [3.8, 4) is 0 Å². The molecule has 3 saturated heterocycles. The second kappa shape index (κ2) is 33.5. The molecular weight excluding hydrogens is 934 g/mol. The summed E-state index contributed by atoms with van der Waals surface area (Å²) in [6, 6.07) is -3.09. The summed E-state index contributed by atoms with van der Waals surface area (Å²) in [6.07, 6.45) is -8.65. The number of carbonyl (C=O) groups is 3. The summed E-state index contributed by atoms with van der Waals surface area (Å²) in [4.78, 5) is 35.1. The van der Waals surface area contributed by atoms with Crippen LogP contribution in [-0.2, 0) is 61.8 Å². The van der Waals surface area contributed by atoms with Crippen molar-refractivity contribution < 1.29 is 108 Å². The summed E-state index contributed by atoms with van der Waals surface area (Å²) < 4.78 is 57.8. The summed E-state index contributed by atoms with van der Waals surface area (Å²) in [5.74, 6) is -1.33. The lowest BCUT2D eigenvalue weighted by molar-refractivity contribution is -0.288. The lowest BCUT2D eigenvalue weighted by Crippen LogP contribution is -2.64. The summed E-state index contributed by atoms with van der Waals surface area (Å²) in [5.41, 5.74) is -0.501. The molecule has 25 nitrogen and oxygen atoms in total. The highest BCUT2D eigenvalue weighted by molar-refractivity contribution is 5.74. The smallest absolute Gasteiger partial charge is 0.217 e. The molecule has 12 N–H and O–H groups in total. The summed E-state index contributed by atoms with van der Waals surface area (Å²) >= 11 is 0. The fourth-order valence-corrected chi connectivity index (χ4v) is 8.04. The Morgan fingerprint density at radius 3 is 1.01 bits per heavy atom. The van der Waals surface area contributed by atoms with Gasteiger partial charge in [-0.2, -0.15) is 0 Å². The molecule has 3 aliphatic heterocycles. The van der Waals surface area contributed by atoms with Gasteiger partial charge in [-0.25, -0.2) is 0 Å². The highest BCUT2D eigenvalue weighted by Gasteiger charge is 2.47. The van der Waals surface area contributed by atoms with Crippen LogP contribution in [0.3, 0.4) is 0 Å². The predicted molar refractivity (Wildman–Crippen MR) is 242 cm³/mol. The van der Waals surface area contributed by atoms with E-state index in [1.54, 1.807) is 0 Å². The summed E-state index contributed by atoms with van der Waals surface area (Å²) in [7, 11) is 0. The first kappa shape index (κ1) is 61.9. The third-order valence-corrected chi connectivity index (χ3v) is 11.9. The number of hydrogen-bond donors (Lipinski definition) is 12. The second-order valence-corrected chi connectivity index (χ2v) is 18.4. The molecule has 0 aromatic heterocycles. The van der Waals surface area contributed by atoms with Gasteiger partial charge in [-0.15, -0.1) is 0 Å². The highest BCUT2D eigenvalue weighted by Crippen LogP contribution is 2.26. The van der Waals surface area contributed by atoms with Gasteiger partial charge in [-0.1, -0.05) is 6.92 Å². The largest absolute Gasteiger partial charge is 0.394 e. The van der Waals surface area contributed by atoms with Gasteiger partial charge in [0.2, 0.25) is 17.7 Å². The molecule has 3 heterocycles. The number of nitrogens with one attached hydrogen (secondary N) is 3. The molecule has 0 aromatic carbocycles. The molecule has 70 heavy (non-hydrogen) atoms. The van der Waals surface area contributed by atoms with Crippen LogP contribution in [0.1, 0.15) is 85.5 Å². The Bertz CT molecular complexity index is 1390. The maximum atomic E-state index is 11.7. The quantitative estimate of drug-likeness (QED) is 0.0216. The molecule has 3 fully saturated rings. The molecule has 0 aliphatic carbocycles. The van der Waals surface area contributed by atoms with Crippen molar-refractivity contribution in [2.45, 2.75) is 177 Å². The number of aliphatic hydroxyl groups excluding tert-OH is 9. The van der Waals surface area contributed by atoms with Gasteiger partial charge in [0.05, 0.1) is 39.6 Å². The molecule has 0 aromatic rings. The maximum absolute atomic E-state index is 11.7. The van der Waals surface area contributed by atoms with Gasteiger partial charge in [-0.05, 0) is 57.8 Å². The van der Waals surface area contributed by atoms with Crippen LogP contribution in [0.2, 0.25) is 0 Å². The average Bonchev–Trinajstić information content (AvgIpc) is 3.32. The zero-order valence-corrected chi connectivity index (χ0v) is 41.0. The molecule has 25 heteroatoms. The van der Waals surface area contributed by atoms with Gasteiger partial charge < -0.3 is 109 Å². The average molecular weight is 1020 g/mol. The minimum Gasteiger partial charge on any atom is -0.394 e. The number of amides is 3. The van der Waals surface area contributed by atoms with Gasteiger partial charge >= 0.3 is 0 Å². The van der Waals surface area contributed by atoms with Gasteiger partial charge in [0.15, 0.2) is 18.9 Å². The summed E-state index contributed by atoms with van der Waals surface area (Å²) in [6.45, 7) is 7.16. The molecule has 0 radical (unpaired) electrons. The van der Waals surface area contributed by atoms with E-state index in [-0.39, 0.29) is 20.0 Å². The molecule has 15 atom stereocenters. The van der Waals surface area contributed by atoms with Crippen molar-refractivity contribution in [3.63, 3.8) is 0 Å². The molecule has 0 bridgehead atoms. The van der Waals surface area contributed by atoms with Crippen LogP contribution in [0.15, 0.2) is 0 Å². The Morgan fingerprint density at radius 1 is 0.429 bits per heavy atom. The fraction of sp³-hybridized carbons (Fsp3) is 0.933. The first-order chi connectivity index (χ1) is 33.5. The Kier molecular flexibility index (Phi) is 29.6. The maximum Gasteiger partial charge on any atom is 0.217 e. The molecule has 3 rings (SSSR count). The van der Waals surface area contributed by atoms with Crippen molar-refractivity contribution >= 4 is 17.7 Å². The minimum atomic E-state index is -1.42. The number of hydrogen-bond acceptors (Lipinski definition) is 22. The SMILES string of the molecule is CC(=O)NC1[C@H](OCCCCCOCC(C)(COCCCCCOCO[C@@H]2OC(CO)[C@H](O)[C@H](O)C2NC(C)=O)COCCCCCO[C@@H]2OC(CO)[C@H](O)[C@H](O)C2NC(C)=O)OC(CO)[C@H](O)[C@@H]1O. The van der Waals surface area contributed by atoms with Crippen LogP contribution >= 0.6 is 0 Å².